The highest BCUT2D eigenvalue weighted by Crippen LogP contribution is 2.20. The molecule has 0 spiro atoms. The van der Waals surface area contributed by atoms with Gasteiger partial charge in [0.05, 0.1) is 12.8 Å². The zero-order valence-corrected chi connectivity index (χ0v) is 12.7. The van der Waals surface area contributed by atoms with E-state index in [1.807, 2.05) is 36.4 Å². The molecule has 0 radical (unpaired) electrons. The summed E-state index contributed by atoms with van der Waals surface area (Å²) in [7, 11) is 1.63. The molecule has 110 valence electrons. The lowest BCUT2D eigenvalue weighted by atomic mass is 10.0. The summed E-state index contributed by atoms with van der Waals surface area (Å²) in [5.41, 5.74) is 2.05. The maximum absolute atomic E-state index is 8.43. The Bertz CT molecular complexity index is 623. The molecule has 21 heavy (non-hydrogen) atoms. The van der Waals surface area contributed by atoms with E-state index in [0.717, 1.165) is 29.2 Å². The van der Waals surface area contributed by atoms with Gasteiger partial charge in [-0.15, -0.1) is 0 Å². The molecular formula is C17H21N3O. The van der Waals surface area contributed by atoms with Gasteiger partial charge in [-0.3, -0.25) is 5.41 Å². The molecule has 2 rings (SSSR count). The molecule has 0 bridgehead atoms. The third kappa shape index (κ3) is 3.81. The Morgan fingerprint density at radius 2 is 2.10 bits per heavy atom. The van der Waals surface area contributed by atoms with Gasteiger partial charge in [-0.1, -0.05) is 26.0 Å². The van der Waals surface area contributed by atoms with Crippen molar-refractivity contribution in [2.24, 2.45) is 5.92 Å². The van der Waals surface area contributed by atoms with E-state index in [1.54, 1.807) is 13.3 Å². The Morgan fingerprint density at radius 3 is 2.81 bits per heavy atom. The van der Waals surface area contributed by atoms with E-state index >= 15 is 0 Å². The van der Waals surface area contributed by atoms with Crippen LogP contribution in [-0.2, 0) is 0 Å². The fraction of sp³-hybridized carbons (Fsp3) is 0.294. The molecule has 0 saturated heterocycles. The van der Waals surface area contributed by atoms with E-state index in [4.69, 9.17) is 10.1 Å². The summed E-state index contributed by atoms with van der Waals surface area (Å²) in [6.07, 6.45) is 1.74. The minimum absolute atomic E-state index is 0.438. The maximum Gasteiger partial charge on any atom is 0.135 e. The van der Waals surface area contributed by atoms with Crippen LogP contribution < -0.4 is 10.1 Å². The van der Waals surface area contributed by atoms with Gasteiger partial charge in [-0.2, -0.15) is 0 Å². The molecule has 4 nitrogen and oxygen atoms in total. The number of anilines is 1. The number of methoxy groups -OCH3 is 1. The van der Waals surface area contributed by atoms with Gasteiger partial charge in [0, 0.05) is 23.9 Å². The van der Waals surface area contributed by atoms with Gasteiger partial charge in [-0.05, 0) is 30.2 Å². The summed E-state index contributed by atoms with van der Waals surface area (Å²) in [5, 5.41) is 11.7. The highest BCUT2D eigenvalue weighted by Gasteiger charge is 2.11. The fourth-order valence-electron chi connectivity index (χ4n) is 1.98. The minimum Gasteiger partial charge on any atom is -0.497 e. The molecule has 0 aliphatic heterocycles. The van der Waals surface area contributed by atoms with Crippen LogP contribution in [0.1, 0.15) is 25.0 Å². The topological polar surface area (TPSA) is 58.0 Å². The van der Waals surface area contributed by atoms with Crippen molar-refractivity contribution in [1.29, 1.82) is 5.41 Å². The van der Waals surface area contributed by atoms with E-state index in [1.165, 1.54) is 0 Å². The van der Waals surface area contributed by atoms with Crippen LogP contribution in [0.4, 0.5) is 5.82 Å². The molecule has 1 aromatic heterocycles. The number of hydrogen-bond acceptors (Lipinski definition) is 4. The van der Waals surface area contributed by atoms with Crippen molar-refractivity contribution < 1.29 is 4.74 Å². The van der Waals surface area contributed by atoms with Crippen LogP contribution in [0.5, 0.6) is 5.75 Å². The second kappa shape index (κ2) is 6.88. The van der Waals surface area contributed by atoms with Crippen LogP contribution >= 0.6 is 0 Å². The zero-order valence-electron chi connectivity index (χ0n) is 12.7. The fourth-order valence-corrected chi connectivity index (χ4v) is 1.98. The second-order valence-corrected chi connectivity index (χ2v) is 5.28. The Balaban J connectivity index is 2.30. The molecule has 4 heteroatoms. The molecule has 0 aliphatic carbocycles. The first-order chi connectivity index (χ1) is 10.1. The molecule has 0 atom stereocenters. The monoisotopic (exact) mass is 283 g/mol. The Morgan fingerprint density at radius 1 is 1.29 bits per heavy atom. The molecule has 2 N–H and O–H groups in total. The van der Waals surface area contributed by atoms with Crippen molar-refractivity contribution in [1.82, 2.24) is 4.98 Å². The first-order valence-corrected chi connectivity index (χ1v) is 7.04. The average molecular weight is 283 g/mol. The van der Waals surface area contributed by atoms with Gasteiger partial charge in [-0.25, -0.2) is 4.98 Å². The van der Waals surface area contributed by atoms with Gasteiger partial charge in [0.1, 0.15) is 11.6 Å². The van der Waals surface area contributed by atoms with Gasteiger partial charge in [0.2, 0.25) is 0 Å². The van der Waals surface area contributed by atoms with E-state index in [0.29, 0.717) is 11.6 Å². The van der Waals surface area contributed by atoms with Crippen LogP contribution in [0.3, 0.4) is 0 Å². The Kier molecular flexibility index (Phi) is 4.93. The third-order valence-electron chi connectivity index (χ3n) is 3.11. The quantitative estimate of drug-likeness (QED) is 0.797. The normalized spacial score (nSPS) is 10.5. The van der Waals surface area contributed by atoms with E-state index in [9.17, 15) is 0 Å². The van der Waals surface area contributed by atoms with Crippen LogP contribution in [-0.4, -0.2) is 24.4 Å². The SMILES string of the molecule is COc1cccc(C(=N)c2cccnc2NCC(C)C)c1. The molecule has 0 aliphatic rings. The number of ether oxygens (including phenoxy) is 1. The van der Waals surface area contributed by atoms with Crippen molar-refractivity contribution >= 4 is 11.5 Å². The van der Waals surface area contributed by atoms with Crippen LogP contribution in [0.2, 0.25) is 0 Å². The first kappa shape index (κ1) is 15.0. The van der Waals surface area contributed by atoms with Gasteiger partial charge >= 0.3 is 0 Å². The molecule has 1 aromatic carbocycles. The Hall–Kier alpha value is -2.36. The molecule has 0 unspecified atom stereocenters. The van der Waals surface area contributed by atoms with Gasteiger partial charge in [0.15, 0.2) is 0 Å². The largest absolute Gasteiger partial charge is 0.497 e. The predicted octanol–water partition coefficient (Wildman–Crippen LogP) is 3.57. The van der Waals surface area contributed by atoms with E-state index in [-0.39, 0.29) is 0 Å². The van der Waals surface area contributed by atoms with E-state index in [2.05, 4.69) is 24.1 Å². The van der Waals surface area contributed by atoms with Gasteiger partial charge < -0.3 is 10.1 Å². The van der Waals surface area contributed by atoms with Crippen molar-refractivity contribution in [2.45, 2.75) is 13.8 Å². The van der Waals surface area contributed by atoms with Crippen molar-refractivity contribution in [3.05, 3.63) is 53.7 Å². The lowest BCUT2D eigenvalue weighted by Crippen LogP contribution is -2.13. The molecule has 0 saturated carbocycles. The van der Waals surface area contributed by atoms with Crippen molar-refractivity contribution in [2.75, 3.05) is 19.0 Å². The minimum atomic E-state index is 0.438. The molecule has 1 heterocycles. The number of benzene rings is 1. The highest BCUT2D eigenvalue weighted by atomic mass is 16.5. The molecule has 0 amide bonds. The van der Waals surface area contributed by atoms with Crippen LogP contribution in [0.15, 0.2) is 42.6 Å². The summed E-state index contributed by atoms with van der Waals surface area (Å²) in [4.78, 5) is 4.36. The van der Waals surface area contributed by atoms with Crippen molar-refractivity contribution in [3.63, 3.8) is 0 Å². The number of rotatable bonds is 6. The predicted molar refractivity (Wildman–Crippen MR) is 86.5 cm³/mol. The standard InChI is InChI=1S/C17H21N3O/c1-12(2)11-20-17-15(8-5-9-19-17)16(18)13-6-4-7-14(10-13)21-3/h4-10,12,18H,11H2,1-3H3,(H,19,20). The number of nitrogens with one attached hydrogen (secondary N) is 2. The summed E-state index contributed by atoms with van der Waals surface area (Å²) in [6, 6.07) is 11.3. The number of nitrogens with zero attached hydrogens (tertiary/aromatic N) is 1. The smallest absolute Gasteiger partial charge is 0.135 e. The summed E-state index contributed by atoms with van der Waals surface area (Å²) in [6.45, 7) is 5.11. The van der Waals surface area contributed by atoms with E-state index < -0.39 is 0 Å². The van der Waals surface area contributed by atoms with Crippen molar-refractivity contribution in [3.8, 4) is 5.75 Å². The second-order valence-electron chi connectivity index (χ2n) is 5.28. The molecular weight excluding hydrogens is 262 g/mol. The number of aromatic nitrogens is 1. The Labute approximate surface area is 125 Å². The van der Waals surface area contributed by atoms with Crippen LogP contribution in [0, 0.1) is 11.3 Å². The summed E-state index contributed by atoms with van der Waals surface area (Å²) < 4.78 is 5.22. The molecule has 0 fully saturated rings. The molecule has 2 aromatic rings. The highest BCUT2D eigenvalue weighted by molar-refractivity contribution is 6.13. The van der Waals surface area contributed by atoms with Gasteiger partial charge in [0.25, 0.3) is 0 Å². The lowest BCUT2D eigenvalue weighted by Gasteiger charge is -2.13. The number of hydrogen-bond donors (Lipinski definition) is 2. The zero-order chi connectivity index (χ0) is 15.2. The summed E-state index contributed by atoms with van der Waals surface area (Å²) in [5.74, 6) is 2.02. The summed E-state index contributed by atoms with van der Waals surface area (Å²) >= 11 is 0. The maximum atomic E-state index is 8.43. The van der Waals surface area contributed by atoms with Crippen LogP contribution in [0.25, 0.3) is 0 Å². The lowest BCUT2D eigenvalue weighted by molar-refractivity contribution is 0.414. The first-order valence-electron chi connectivity index (χ1n) is 7.04. The average Bonchev–Trinajstić information content (AvgIpc) is 2.52. The number of pyridine rings is 1. The third-order valence-corrected chi connectivity index (χ3v) is 3.11.